The van der Waals surface area contributed by atoms with Crippen molar-refractivity contribution in [2.45, 2.75) is 6.04 Å². The second kappa shape index (κ2) is 4.40. The van der Waals surface area contributed by atoms with Crippen molar-refractivity contribution in [2.75, 3.05) is 0 Å². The molecule has 76 valence electrons. The van der Waals surface area contributed by atoms with Crippen LogP contribution in [0.15, 0.2) is 41.2 Å². The fourth-order valence-electron chi connectivity index (χ4n) is 1.32. The molecule has 1 atom stereocenters. The first-order valence-electron chi connectivity index (χ1n) is 4.51. The number of aromatic nitrogens is 1. The Hall–Kier alpha value is -1.42. The molecule has 0 saturated heterocycles. The third-order valence-corrected chi connectivity index (χ3v) is 2.83. The summed E-state index contributed by atoms with van der Waals surface area (Å²) in [7, 11) is 0. The van der Waals surface area contributed by atoms with Crippen LogP contribution >= 0.6 is 15.9 Å². The van der Waals surface area contributed by atoms with Gasteiger partial charge in [0.05, 0.1) is 5.69 Å². The molecule has 4 heteroatoms. The molecule has 1 aromatic heterocycles. The quantitative estimate of drug-likeness (QED) is 0.830. The number of hydrogen-bond donors (Lipinski definition) is 1. The lowest BCUT2D eigenvalue weighted by molar-refractivity contribution is -0.108. The predicted molar refractivity (Wildman–Crippen MR) is 62.2 cm³/mol. The summed E-state index contributed by atoms with van der Waals surface area (Å²) in [5.74, 6) is 0. The highest BCUT2D eigenvalue weighted by Crippen LogP contribution is 2.22. The molecule has 1 aliphatic rings. The third kappa shape index (κ3) is 2.15. The minimum atomic E-state index is -0.280. The summed E-state index contributed by atoms with van der Waals surface area (Å²) in [4.78, 5) is 14.9. The molecule has 0 saturated carbocycles. The van der Waals surface area contributed by atoms with Gasteiger partial charge in [0.1, 0.15) is 12.3 Å². The van der Waals surface area contributed by atoms with Crippen LogP contribution in [0, 0.1) is 0 Å². The van der Waals surface area contributed by atoms with Gasteiger partial charge in [0.15, 0.2) is 0 Å². The van der Waals surface area contributed by atoms with E-state index in [0.29, 0.717) is 0 Å². The zero-order valence-electron chi connectivity index (χ0n) is 7.85. The van der Waals surface area contributed by atoms with Crippen molar-refractivity contribution in [1.82, 2.24) is 10.3 Å². The van der Waals surface area contributed by atoms with Gasteiger partial charge in [0.25, 0.3) is 0 Å². The monoisotopic (exact) mass is 264 g/mol. The normalized spacial score (nSPS) is 19.9. The predicted octanol–water partition coefficient (Wildman–Crippen LogP) is 1.87. The summed E-state index contributed by atoms with van der Waals surface area (Å²) in [6.07, 6.45) is 6.29. The van der Waals surface area contributed by atoms with Gasteiger partial charge in [-0.2, -0.15) is 0 Å². The van der Waals surface area contributed by atoms with Crippen LogP contribution in [0.3, 0.4) is 0 Å². The van der Waals surface area contributed by atoms with Crippen LogP contribution < -0.4 is 5.32 Å². The molecule has 1 aromatic rings. The van der Waals surface area contributed by atoms with Crippen molar-refractivity contribution in [2.24, 2.45) is 0 Å². The SMILES string of the molecule is O=CC1NC=C(c2ccccn2)C=C1Br. The average Bonchev–Trinajstić information content (AvgIpc) is 2.30. The molecule has 1 aliphatic heterocycles. The molecule has 0 spiro atoms. The summed E-state index contributed by atoms with van der Waals surface area (Å²) in [5, 5.41) is 2.98. The molecule has 0 radical (unpaired) electrons. The Morgan fingerprint density at radius 3 is 2.93 bits per heavy atom. The molecule has 0 amide bonds. The molecule has 15 heavy (non-hydrogen) atoms. The zero-order valence-corrected chi connectivity index (χ0v) is 9.44. The Kier molecular flexibility index (Phi) is 2.97. The molecule has 1 unspecified atom stereocenters. The van der Waals surface area contributed by atoms with Crippen molar-refractivity contribution >= 4 is 27.8 Å². The standard InChI is InChI=1S/C11H9BrN2O/c12-9-5-8(6-14-11(9)7-15)10-3-1-2-4-13-10/h1-7,11,14H. The fourth-order valence-corrected chi connectivity index (χ4v) is 1.81. The van der Waals surface area contributed by atoms with Crippen LogP contribution in [-0.4, -0.2) is 17.3 Å². The first kappa shape index (κ1) is 10.1. The van der Waals surface area contributed by atoms with Crippen molar-refractivity contribution < 1.29 is 4.79 Å². The van der Waals surface area contributed by atoms with E-state index in [1.165, 1.54) is 0 Å². The Balaban J connectivity index is 2.28. The zero-order chi connectivity index (χ0) is 10.7. The van der Waals surface area contributed by atoms with Crippen LogP contribution in [-0.2, 0) is 4.79 Å². The van der Waals surface area contributed by atoms with E-state index >= 15 is 0 Å². The Morgan fingerprint density at radius 2 is 2.33 bits per heavy atom. The first-order chi connectivity index (χ1) is 7.31. The van der Waals surface area contributed by atoms with Crippen molar-refractivity contribution in [1.29, 1.82) is 0 Å². The maximum atomic E-state index is 10.6. The van der Waals surface area contributed by atoms with Gasteiger partial charge in [-0.1, -0.05) is 22.0 Å². The molecule has 0 bridgehead atoms. The number of carbonyl (C=O) groups excluding carboxylic acids is 1. The largest absolute Gasteiger partial charge is 0.377 e. The summed E-state index contributed by atoms with van der Waals surface area (Å²) < 4.78 is 0.820. The lowest BCUT2D eigenvalue weighted by Gasteiger charge is -2.16. The van der Waals surface area contributed by atoms with Crippen LogP contribution in [0.1, 0.15) is 5.69 Å². The minimum absolute atomic E-state index is 0.280. The number of carbonyl (C=O) groups is 1. The molecular weight excluding hydrogens is 256 g/mol. The highest BCUT2D eigenvalue weighted by Gasteiger charge is 2.15. The number of allylic oxidation sites excluding steroid dienone is 2. The van der Waals surface area contributed by atoms with Crippen LogP contribution in [0.2, 0.25) is 0 Å². The molecule has 0 aromatic carbocycles. The number of pyridine rings is 1. The molecule has 0 aliphatic carbocycles. The summed E-state index contributed by atoms with van der Waals surface area (Å²) in [6.45, 7) is 0. The Morgan fingerprint density at radius 1 is 1.47 bits per heavy atom. The van der Waals surface area contributed by atoms with E-state index in [0.717, 1.165) is 22.0 Å². The smallest absolute Gasteiger partial charge is 0.147 e. The molecule has 1 N–H and O–H groups in total. The summed E-state index contributed by atoms with van der Waals surface area (Å²) in [5.41, 5.74) is 1.84. The number of hydrogen-bond acceptors (Lipinski definition) is 3. The van der Waals surface area contributed by atoms with Crippen LogP contribution in [0.4, 0.5) is 0 Å². The van der Waals surface area contributed by atoms with Gasteiger partial charge in [0, 0.05) is 22.5 Å². The van der Waals surface area contributed by atoms with Gasteiger partial charge in [-0.3, -0.25) is 4.98 Å². The van der Waals surface area contributed by atoms with Crippen LogP contribution in [0.5, 0.6) is 0 Å². The van der Waals surface area contributed by atoms with E-state index in [9.17, 15) is 4.79 Å². The number of nitrogens with zero attached hydrogens (tertiary/aromatic N) is 1. The van der Waals surface area contributed by atoms with Gasteiger partial charge >= 0.3 is 0 Å². The van der Waals surface area contributed by atoms with Gasteiger partial charge in [-0.25, -0.2) is 0 Å². The van der Waals surface area contributed by atoms with Gasteiger partial charge in [-0.15, -0.1) is 0 Å². The van der Waals surface area contributed by atoms with Crippen molar-refractivity contribution in [3.63, 3.8) is 0 Å². The molecule has 2 rings (SSSR count). The Bertz CT molecular complexity index is 425. The van der Waals surface area contributed by atoms with E-state index in [1.807, 2.05) is 24.3 Å². The minimum Gasteiger partial charge on any atom is -0.377 e. The van der Waals surface area contributed by atoms with Crippen LogP contribution in [0.25, 0.3) is 5.57 Å². The lowest BCUT2D eigenvalue weighted by atomic mass is 10.1. The topological polar surface area (TPSA) is 42.0 Å². The van der Waals surface area contributed by atoms with E-state index in [1.54, 1.807) is 12.4 Å². The van der Waals surface area contributed by atoms with E-state index < -0.39 is 0 Å². The van der Waals surface area contributed by atoms with E-state index in [2.05, 4.69) is 26.2 Å². The first-order valence-corrected chi connectivity index (χ1v) is 5.30. The Labute approximate surface area is 96.0 Å². The maximum absolute atomic E-state index is 10.6. The van der Waals surface area contributed by atoms with E-state index in [-0.39, 0.29) is 6.04 Å². The molecule has 0 fully saturated rings. The van der Waals surface area contributed by atoms with E-state index in [4.69, 9.17) is 0 Å². The van der Waals surface area contributed by atoms with Gasteiger partial charge < -0.3 is 10.1 Å². The lowest BCUT2D eigenvalue weighted by Crippen LogP contribution is -2.28. The molecule has 3 nitrogen and oxygen atoms in total. The molecular formula is C11H9BrN2O. The maximum Gasteiger partial charge on any atom is 0.147 e. The number of halogens is 1. The number of aldehydes is 1. The summed E-state index contributed by atoms with van der Waals surface area (Å²) in [6, 6.07) is 5.44. The number of rotatable bonds is 2. The summed E-state index contributed by atoms with van der Waals surface area (Å²) >= 11 is 3.35. The van der Waals surface area contributed by atoms with Crippen molar-refractivity contribution in [3.8, 4) is 0 Å². The third-order valence-electron chi connectivity index (χ3n) is 2.11. The molecule has 2 heterocycles. The average molecular weight is 265 g/mol. The second-order valence-corrected chi connectivity index (χ2v) is 4.04. The fraction of sp³-hybridized carbons (Fsp3) is 0.0909. The van der Waals surface area contributed by atoms with Gasteiger partial charge in [0.2, 0.25) is 0 Å². The number of dihydropyridines is 1. The highest BCUT2D eigenvalue weighted by molar-refractivity contribution is 9.11. The highest BCUT2D eigenvalue weighted by atomic mass is 79.9. The van der Waals surface area contributed by atoms with Gasteiger partial charge in [-0.05, 0) is 18.2 Å². The number of nitrogens with one attached hydrogen (secondary N) is 1. The van der Waals surface area contributed by atoms with Crippen molar-refractivity contribution in [3.05, 3.63) is 46.8 Å². The second-order valence-electron chi connectivity index (χ2n) is 3.12.